The Morgan fingerprint density at radius 1 is 1.25 bits per heavy atom. The summed E-state index contributed by atoms with van der Waals surface area (Å²) in [5.41, 5.74) is 5.85. The first-order chi connectivity index (χ1) is 11.4. The van der Waals surface area contributed by atoms with E-state index >= 15 is 0 Å². The summed E-state index contributed by atoms with van der Waals surface area (Å²) in [6, 6.07) is 8.53. The summed E-state index contributed by atoms with van der Waals surface area (Å²) in [4.78, 5) is 11.8. The second kappa shape index (κ2) is 7.84. The molecular formula is C18H19ClN2O3. The smallest absolute Gasteiger partial charge is 0.277 e. The third-order valence-corrected chi connectivity index (χ3v) is 3.84. The average molecular weight is 347 g/mol. The number of aromatic hydroxyl groups is 1. The minimum atomic E-state index is -0.395. The highest BCUT2D eigenvalue weighted by Crippen LogP contribution is 2.25. The molecule has 0 aliphatic carbocycles. The van der Waals surface area contributed by atoms with Crippen LogP contribution < -0.4 is 10.2 Å². The van der Waals surface area contributed by atoms with Crippen LogP contribution in [0.1, 0.15) is 22.3 Å². The largest absolute Gasteiger partial charge is 0.507 e. The molecule has 0 fully saturated rings. The molecule has 0 saturated carbocycles. The number of rotatable bonds is 5. The van der Waals surface area contributed by atoms with Crippen LogP contribution in [0.15, 0.2) is 35.4 Å². The number of phenols is 1. The van der Waals surface area contributed by atoms with Crippen molar-refractivity contribution in [2.45, 2.75) is 20.8 Å². The topological polar surface area (TPSA) is 70.9 Å². The minimum Gasteiger partial charge on any atom is -0.507 e. The van der Waals surface area contributed by atoms with Gasteiger partial charge in [-0.05, 0) is 55.7 Å². The number of benzene rings is 2. The van der Waals surface area contributed by atoms with Crippen molar-refractivity contribution < 1.29 is 14.6 Å². The van der Waals surface area contributed by atoms with Gasteiger partial charge < -0.3 is 9.84 Å². The first-order valence-electron chi connectivity index (χ1n) is 7.38. The Bertz CT molecular complexity index is 788. The Hall–Kier alpha value is -2.53. The number of hydrazone groups is 1. The van der Waals surface area contributed by atoms with Gasteiger partial charge in [0.2, 0.25) is 0 Å². The summed E-state index contributed by atoms with van der Waals surface area (Å²) >= 11 is 5.84. The van der Waals surface area contributed by atoms with Crippen LogP contribution in [0.2, 0.25) is 5.02 Å². The molecule has 2 N–H and O–H groups in total. The first-order valence-corrected chi connectivity index (χ1v) is 7.76. The molecule has 2 aromatic carbocycles. The van der Waals surface area contributed by atoms with E-state index in [4.69, 9.17) is 16.3 Å². The molecule has 0 aliphatic heterocycles. The third kappa shape index (κ3) is 4.49. The predicted octanol–water partition coefficient (Wildman–Crippen LogP) is 3.50. The van der Waals surface area contributed by atoms with E-state index in [1.807, 2.05) is 32.9 Å². The van der Waals surface area contributed by atoms with Crippen LogP contribution >= 0.6 is 11.6 Å². The fourth-order valence-corrected chi connectivity index (χ4v) is 2.30. The molecule has 0 unspecified atom stereocenters. The first kappa shape index (κ1) is 17.8. The van der Waals surface area contributed by atoms with Gasteiger partial charge in [0.05, 0.1) is 6.21 Å². The number of ether oxygens (including phenoxy) is 1. The Morgan fingerprint density at radius 3 is 2.71 bits per heavy atom. The number of carbonyl (C=O) groups excluding carboxylic acids is 1. The van der Waals surface area contributed by atoms with E-state index in [9.17, 15) is 9.90 Å². The summed E-state index contributed by atoms with van der Waals surface area (Å²) in [6.07, 6.45) is 1.32. The van der Waals surface area contributed by atoms with Gasteiger partial charge in [0, 0.05) is 10.6 Å². The number of halogens is 1. The fraction of sp³-hybridized carbons (Fsp3) is 0.222. The van der Waals surface area contributed by atoms with Gasteiger partial charge in [0.1, 0.15) is 11.5 Å². The second-order valence-corrected chi connectivity index (χ2v) is 5.87. The zero-order valence-corrected chi connectivity index (χ0v) is 14.5. The summed E-state index contributed by atoms with van der Waals surface area (Å²) < 4.78 is 5.60. The van der Waals surface area contributed by atoms with E-state index < -0.39 is 5.91 Å². The Balaban J connectivity index is 1.94. The van der Waals surface area contributed by atoms with Crippen LogP contribution in [0.3, 0.4) is 0 Å². The van der Waals surface area contributed by atoms with Crippen molar-refractivity contribution in [3.05, 3.63) is 57.6 Å². The number of phenolic OH excluding ortho intramolecular Hbond substituents is 1. The zero-order valence-electron chi connectivity index (χ0n) is 13.8. The van der Waals surface area contributed by atoms with Crippen molar-refractivity contribution >= 4 is 23.7 Å². The van der Waals surface area contributed by atoms with Crippen LogP contribution in [0.4, 0.5) is 0 Å². The molecule has 1 amide bonds. The average Bonchev–Trinajstić information content (AvgIpc) is 2.54. The fourth-order valence-electron chi connectivity index (χ4n) is 2.12. The second-order valence-electron chi connectivity index (χ2n) is 5.44. The number of nitrogens with zero attached hydrogens (tertiary/aromatic N) is 1. The Morgan fingerprint density at radius 2 is 1.96 bits per heavy atom. The van der Waals surface area contributed by atoms with Crippen molar-refractivity contribution in [1.82, 2.24) is 5.43 Å². The van der Waals surface area contributed by atoms with Crippen molar-refractivity contribution in [1.29, 1.82) is 0 Å². The lowest BCUT2D eigenvalue weighted by molar-refractivity contribution is -0.123. The van der Waals surface area contributed by atoms with Gasteiger partial charge >= 0.3 is 0 Å². The molecule has 0 saturated heterocycles. The summed E-state index contributed by atoms with van der Waals surface area (Å²) in [5, 5.41) is 13.9. The van der Waals surface area contributed by atoms with Crippen LogP contribution in [0.25, 0.3) is 0 Å². The summed E-state index contributed by atoms with van der Waals surface area (Å²) in [5.74, 6) is 0.342. The molecule has 6 heteroatoms. The van der Waals surface area contributed by atoms with Gasteiger partial charge in [0.15, 0.2) is 6.61 Å². The van der Waals surface area contributed by atoms with Crippen LogP contribution in [-0.2, 0) is 4.79 Å². The van der Waals surface area contributed by atoms with E-state index in [0.717, 1.165) is 16.7 Å². The van der Waals surface area contributed by atoms with E-state index in [1.165, 1.54) is 12.3 Å². The number of carbonyl (C=O) groups is 1. The SMILES string of the molecule is Cc1ccc(C)c(OCC(=O)N/N=C\c2cc(Cl)ccc2O)c1C. The monoisotopic (exact) mass is 346 g/mol. The maximum absolute atomic E-state index is 11.8. The lowest BCUT2D eigenvalue weighted by atomic mass is 10.1. The molecule has 2 aromatic rings. The molecule has 5 nitrogen and oxygen atoms in total. The summed E-state index contributed by atoms with van der Waals surface area (Å²) in [7, 11) is 0. The lowest BCUT2D eigenvalue weighted by Gasteiger charge is -2.13. The number of amides is 1. The molecule has 0 radical (unpaired) electrons. The van der Waals surface area contributed by atoms with E-state index in [0.29, 0.717) is 16.3 Å². The number of hydrogen-bond acceptors (Lipinski definition) is 4. The standard InChI is InChI=1S/C18H19ClN2O3/c1-11-4-5-12(2)18(13(11)3)24-10-17(23)21-20-9-14-8-15(19)6-7-16(14)22/h4-9,22H,10H2,1-3H3,(H,21,23)/b20-9-. The van der Waals surface area contributed by atoms with Gasteiger partial charge in [-0.2, -0.15) is 5.10 Å². The number of nitrogens with one attached hydrogen (secondary N) is 1. The molecule has 0 aromatic heterocycles. The van der Waals surface area contributed by atoms with Crippen LogP contribution in [-0.4, -0.2) is 23.8 Å². The Kier molecular flexibility index (Phi) is 5.82. The van der Waals surface area contributed by atoms with Gasteiger partial charge in [-0.3, -0.25) is 4.79 Å². The third-order valence-electron chi connectivity index (χ3n) is 3.60. The van der Waals surface area contributed by atoms with Crippen molar-refractivity contribution in [2.24, 2.45) is 5.10 Å². The van der Waals surface area contributed by atoms with Crippen molar-refractivity contribution in [3.63, 3.8) is 0 Å². The normalized spacial score (nSPS) is 10.8. The highest BCUT2D eigenvalue weighted by Gasteiger charge is 2.09. The molecule has 0 bridgehead atoms. The molecule has 126 valence electrons. The van der Waals surface area contributed by atoms with Crippen LogP contribution in [0.5, 0.6) is 11.5 Å². The van der Waals surface area contributed by atoms with Crippen molar-refractivity contribution in [2.75, 3.05) is 6.61 Å². The molecule has 0 spiro atoms. The summed E-state index contributed by atoms with van der Waals surface area (Å²) in [6.45, 7) is 5.73. The van der Waals surface area contributed by atoms with Gasteiger partial charge in [-0.25, -0.2) is 5.43 Å². The molecule has 24 heavy (non-hydrogen) atoms. The lowest BCUT2D eigenvalue weighted by Crippen LogP contribution is -2.25. The quantitative estimate of drug-likeness (QED) is 0.643. The predicted molar refractivity (Wildman–Crippen MR) is 95.0 cm³/mol. The highest BCUT2D eigenvalue weighted by atomic mass is 35.5. The maximum atomic E-state index is 11.8. The maximum Gasteiger partial charge on any atom is 0.277 e. The molecule has 0 heterocycles. The van der Waals surface area contributed by atoms with Crippen LogP contribution in [0, 0.1) is 20.8 Å². The molecule has 2 rings (SSSR count). The molecule has 0 aliphatic rings. The van der Waals surface area contributed by atoms with E-state index in [2.05, 4.69) is 10.5 Å². The molecule has 0 atom stereocenters. The van der Waals surface area contributed by atoms with Gasteiger partial charge in [-0.15, -0.1) is 0 Å². The van der Waals surface area contributed by atoms with E-state index in [-0.39, 0.29) is 12.4 Å². The Labute approximate surface area is 145 Å². The minimum absolute atomic E-state index is 0.0275. The van der Waals surface area contributed by atoms with Gasteiger partial charge in [-0.1, -0.05) is 23.7 Å². The van der Waals surface area contributed by atoms with Gasteiger partial charge in [0.25, 0.3) is 5.91 Å². The van der Waals surface area contributed by atoms with Crippen molar-refractivity contribution in [3.8, 4) is 11.5 Å². The number of aryl methyl sites for hydroxylation is 2. The van der Waals surface area contributed by atoms with E-state index in [1.54, 1.807) is 12.1 Å². The highest BCUT2D eigenvalue weighted by molar-refractivity contribution is 6.30. The molecular weight excluding hydrogens is 328 g/mol. The number of hydrogen-bond donors (Lipinski definition) is 2. The zero-order chi connectivity index (χ0) is 17.7.